The first kappa shape index (κ1) is 11.7. The standard InChI is InChI=1S/C11H11ClFNO/c1-7(2)6-14-11(15)8-3-4-10(13)9(12)5-8/h3-5H,1,6H2,2H3,(H,14,15). The van der Waals surface area contributed by atoms with E-state index in [9.17, 15) is 9.18 Å². The van der Waals surface area contributed by atoms with E-state index in [0.717, 1.165) is 11.6 Å². The number of carbonyl (C=O) groups is 1. The van der Waals surface area contributed by atoms with Crippen LogP contribution in [-0.4, -0.2) is 12.5 Å². The van der Waals surface area contributed by atoms with Crippen molar-refractivity contribution in [2.45, 2.75) is 6.92 Å². The molecule has 4 heteroatoms. The van der Waals surface area contributed by atoms with Gasteiger partial charge in [0, 0.05) is 12.1 Å². The van der Waals surface area contributed by atoms with Gasteiger partial charge in [-0.3, -0.25) is 4.79 Å². The zero-order valence-corrected chi connectivity index (χ0v) is 9.07. The number of hydrogen-bond donors (Lipinski definition) is 1. The van der Waals surface area contributed by atoms with Gasteiger partial charge in [-0.25, -0.2) is 4.39 Å². The summed E-state index contributed by atoms with van der Waals surface area (Å²) in [6, 6.07) is 3.84. The van der Waals surface area contributed by atoms with Crippen molar-refractivity contribution in [2.24, 2.45) is 0 Å². The van der Waals surface area contributed by atoms with E-state index in [-0.39, 0.29) is 10.9 Å². The predicted octanol–water partition coefficient (Wildman–Crippen LogP) is 2.79. The Hall–Kier alpha value is -1.35. The van der Waals surface area contributed by atoms with E-state index in [2.05, 4.69) is 11.9 Å². The largest absolute Gasteiger partial charge is 0.348 e. The van der Waals surface area contributed by atoms with Crippen LogP contribution in [0.4, 0.5) is 4.39 Å². The van der Waals surface area contributed by atoms with Gasteiger partial charge in [0.25, 0.3) is 5.91 Å². The Kier molecular flexibility index (Phi) is 3.86. The quantitative estimate of drug-likeness (QED) is 0.791. The minimum absolute atomic E-state index is 0.0574. The minimum Gasteiger partial charge on any atom is -0.348 e. The van der Waals surface area contributed by atoms with Crippen LogP contribution in [0.1, 0.15) is 17.3 Å². The molecule has 1 aromatic carbocycles. The maximum Gasteiger partial charge on any atom is 0.251 e. The Morgan fingerprint density at radius 1 is 1.60 bits per heavy atom. The van der Waals surface area contributed by atoms with E-state index in [1.165, 1.54) is 12.1 Å². The van der Waals surface area contributed by atoms with Crippen molar-refractivity contribution < 1.29 is 9.18 Å². The number of halogens is 2. The Morgan fingerprint density at radius 2 is 2.27 bits per heavy atom. The van der Waals surface area contributed by atoms with E-state index >= 15 is 0 Å². The van der Waals surface area contributed by atoms with E-state index < -0.39 is 5.82 Å². The second-order valence-corrected chi connectivity index (χ2v) is 3.68. The number of carbonyl (C=O) groups excluding carboxylic acids is 1. The first-order valence-corrected chi connectivity index (χ1v) is 4.76. The molecule has 1 aromatic rings. The van der Waals surface area contributed by atoms with Crippen LogP contribution in [0.3, 0.4) is 0 Å². The highest BCUT2D eigenvalue weighted by atomic mass is 35.5. The molecule has 0 aromatic heterocycles. The van der Waals surface area contributed by atoms with Crippen molar-refractivity contribution >= 4 is 17.5 Å². The molecular weight excluding hydrogens is 217 g/mol. The van der Waals surface area contributed by atoms with E-state index in [1.807, 2.05) is 0 Å². The number of benzene rings is 1. The molecule has 80 valence electrons. The molecule has 0 radical (unpaired) electrons. The van der Waals surface area contributed by atoms with Gasteiger partial charge >= 0.3 is 0 Å². The molecule has 0 aliphatic heterocycles. The van der Waals surface area contributed by atoms with Gasteiger partial charge in [0.15, 0.2) is 0 Å². The van der Waals surface area contributed by atoms with Crippen molar-refractivity contribution in [3.05, 3.63) is 46.8 Å². The molecule has 0 fully saturated rings. The summed E-state index contributed by atoms with van der Waals surface area (Å²) in [6.45, 7) is 5.85. The summed E-state index contributed by atoms with van der Waals surface area (Å²) in [6.07, 6.45) is 0. The highest BCUT2D eigenvalue weighted by molar-refractivity contribution is 6.31. The Morgan fingerprint density at radius 3 is 2.80 bits per heavy atom. The number of nitrogens with one attached hydrogen (secondary N) is 1. The van der Waals surface area contributed by atoms with Crippen LogP contribution >= 0.6 is 11.6 Å². The van der Waals surface area contributed by atoms with Crippen molar-refractivity contribution in [3.63, 3.8) is 0 Å². The molecule has 0 saturated carbocycles. The zero-order chi connectivity index (χ0) is 11.4. The summed E-state index contributed by atoms with van der Waals surface area (Å²) >= 11 is 5.55. The molecule has 0 bridgehead atoms. The lowest BCUT2D eigenvalue weighted by Crippen LogP contribution is -2.24. The molecule has 0 spiro atoms. The number of rotatable bonds is 3. The minimum atomic E-state index is -0.534. The topological polar surface area (TPSA) is 29.1 Å². The van der Waals surface area contributed by atoms with Crippen LogP contribution in [0.15, 0.2) is 30.4 Å². The molecule has 15 heavy (non-hydrogen) atoms. The van der Waals surface area contributed by atoms with Crippen LogP contribution in [0.2, 0.25) is 5.02 Å². The van der Waals surface area contributed by atoms with Gasteiger partial charge in [-0.1, -0.05) is 23.8 Å². The van der Waals surface area contributed by atoms with E-state index in [1.54, 1.807) is 6.92 Å². The van der Waals surface area contributed by atoms with Gasteiger partial charge in [0.05, 0.1) is 5.02 Å². The summed E-state index contributed by atoms with van der Waals surface area (Å²) in [5, 5.41) is 2.57. The fraction of sp³-hybridized carbons (Fsp3) is 0.182. The normalized spacial score (nSPS) is 9.80. The molecule has 0 saturated heterocycles. The van der Waals surface area contributed by atoms with Gasteiger partial charge in [-0.15, -0.1) is 0 Å². The smallest absolute Gasteiger partial charge is 0.251 e. The summed E-state index contributed by atoms with van der Waals surface area (Å²) in [5.41, 5.74) is 1.18. The predicted molar refractivity (Wildman–Crippen MR) is 58.6 cm³/mol. The third-order valence-electron chi connectivity index (χ3n) is 1.73. The van der Waals surface area contributed by atoms with E-state index in [4.69, 9.17) is 11.6 Å². The molecule has 0 atom stereocenters. The molecule has 0 heterocycles. The average Bonchev–Trinajstić information content (AvgIpc) is 2.18. The third kappa shape index (κ3) is 3.36. The summed E-state index contributed by atoms with van der Waals surface area (Å²) in [5.74, 6) is -0.826. The highest BCUT2D eigenvalue weighted by Gasteiger charge is 2.07. The fourth-order valence-corrected chi connectivity index (χ4v) is 1.15. The first-order chi connectivity index (χ1) is 7.00. The van der Waals surface area contributed by atoms with Crippen LogP contribution in [0.25, 0.3) is 0 Å². The van der Waals surface area contributed by atoms with Crippen LogP contribution in [0.5, 0.6) is 0 Å². The summed E-state index contributed by atoms with van der Waals surface area (Å²) in [4.78, 5) is 11.5. The van der Waals surface area contributed by atoms with Crippen LogP contribution in [0, 0.1) is 5.82 Å². The lowest BCUT2D eigenvalue weighted by atomic mass is 10.2. The maximum absolute atomic E-state index is 12.8. The molecule has 0 aliphatic rings. The SMILES string of the molecule is C=C(C)CNC(=O)c1ccc(F)c(Cl)c1. The zero-order valence-electron chi connectivity index (χ0n) is 8.31. The Labute approximate surface area is 92.7 Å². The Balaban J connectivity index is 2.74. The molecule has 1 amide bonds. The average molecular weight is 228 g/mol. The molecule has 1 rings (SSSR count). The lowest BCUT2D eigenvalue weighted by molar-refractivity contribution is 0.0957. The fourth-order valence-electron chi connectivity index (χ4n) is 0.971. The Bertz CT molecular complexity index is 404. The van der Waals surface area contributed by atoms with E-state index in [0.29, 0.717) is 12.1 Å². The van der Waals surface area contributed by atoms with Crippen molar-refractivity contribution in [1.82, 2.24) is 5.32 Å². The highest BCUT2D eigenvalue weighted by Crippen LogP contribution is 2.15. The maximum atomic E-state index is 12.8. The third-order valence-corrected chi connectivity index (χ3v) is 2.02. The second kappa shape index (κ2) is 4.94. The van der Waals surface area contributed by atoms with Gasteiger partial charge in [0.1, 0.15) is 5.82 Å². The molecule has 1 N–H and O–H groups in total. The van der Waals surface area contributed by atoms with Gasteiger partial charge in [-0.05, 0) is 25.1 Å². The lowest BCUT2D eigenvalue weighted by Gasteiger charge is -2.05. The number of hydrogen-bond acceptors (Lipinski definition) is 1. The van der Waals surface area contributed by atoms with Crippen molar-refractivity contribution in [3.8, 4) is 0 Å². The van der Waals surface area contributed by atoms with Gasteiger partial charge in [0.2, 0.25) is 0 Å². The molecule has 0 aliphatic carbocycles. The van der Waals surface area contributed by atoms with Crippen molar-refractivity contribution in [2.75, 3.05) is 6.54 Å². The van der Waals surface area contributed by atoms with Crippen LogP contribution in [-0.2, 0) is 0 Å². The molecule has 0 unspecified atom stereocenters. The van der Waals surface area contributed by atoms with Crippen molar-refractivity contribution in [1.29, 1.82) is 0 Å². The molecule has 2 nitrogen and oxygen atoms in total. The monoisotopic (exact) mass is 227 g/mol. The van der Waals surface area contributed by atoms with Gasteiger partial charge in [-0.2, -0.15) is 0 Å². The summed E-state index contributed by atoms with van der Waals surface area (Å²) < 4.78 is 12.8. The summed E-state index contributed by atoms with van der Waals surface area (Å²) in [7, 11) is 0. The van der Waals surface area contributed by atoms with Gasteiger partial charge < -0.3 is 5.32 Å². The first-order valence-electron chi connectivity index (χ1n) is 4.38. The van der Waals surface area contributed by atoms with Crippen LogP contribution < -0.4 is 5.32 Å². The second-order valence-electron chi connectivity index (χ2n) is 3.27. The number of amides is 1. The molecular formula is C11H11ClFNO.